The van der Waals surface area contributed by atoms with Gasteiger partial charge in [-0.05, 0) is 24.8 Å². The molecule has 86 valence electrons. The summed E-state index contributed by atoms with van der Waals surface area (Å²) in [5, 5.41) is 6.84. The molecule has 0 saturated heterocycles. The van der Waals surface area contributed by atoms with E-state index in [0.717, 1.165) is 13.0 Å². The summed E-state index contributed by atoms with van der Waals surface area (Å²) in [6.07, 6.45) is 4.20. The second-order valence-corrected chi connectivity index (χ2v) is 6.02. The highest BCUT2D eigenvalue weighted by molar-refractivity contribution is 7.09. The van der Waals surface area contributed by atoms with Crippen LogP contribution >= 0.6 is 11.3 Å². The fourth-order valence-corrected chi connectivity index (χ4v) is 2.23. The lowest BCUT2D eigenvalue weighted by molar-refractivity contribution is 0.352. The van der Waals surface area contributed by atoms with E-state index in [1.165, 1.54) is 11.4 Å². The van der Waals surface area contributed by atoms with E-state index in [2.05, 4.69) is 38.0 Å². The zero-order chi connectivity index (χ0) is 11.3. The summed E-state index contributed by atoms with van der Waals surface area (Å²) in [5.41, 5.74) is 0.411. The van der Waals surface area contributed by atoms with E-state index in [4.69, 9.17) is 0 Å². The van der Waals surface area contributed by atoms with Crippen LogP contribution in [0, 0.1) is 5.41 Å². The number of hydrogen-bond donors (Lipinski definition) is 1. The average Bonchev–Trinajstić information content (AvgIpc) is 2.63. The Bertz CT molecular complexity index is 262. The summed E-state index contributed by atoms with van der Waals surface area (Å²) in [6, 6.07) is 0.437. The Labute approximate surface area is 97.1 Å². The summed E-state index contributed by atoms with van der Waals surface area (Å²) >= 11 is 1.74. The summed E-state index contributed by atoms with van der Waals surface area (Å²) in [7, 11) is 0. The van der Waals surface area contributed by atoms with Crippen LogP contribution in [0.3, 0.4) is 0 Å². The molecule has 15 heavy (non-hydrogen) atoms. The van der Waals surface area contributed by atoms with Crippen LogP contribution in [0.4, 0.5) is 0 Å². The predicted octanol–water partition coefficient (Wildman–Crippen LogP) is 3.62. The lowest BCUT2D eigenvalue weighted by atomic mass is 9.92. The van der Waals surface area contributed by atoms with Crippen molar-refractivity contribution in [2.45, 2.75) is 46.6 Å². The van der Waals surface area contributed by atoms with Crippen LogP contribution in [-0.4, -0.2) is 11.5 Å². The van der Waals surface area contributed by atoms with Gasteiger partial charge in [-0.1, -0.05) is 27.7 Å². The zero-order valence-electron chi connectivity index (χ0n) is 10.2. The SMILES string of the molecule is CCC(NCCC(C)(C)C)c1nccs1. The molecule has 0 aliphatic carbocycles. The number of thiazole rings is 1. The van der Waals surface area contributed by atoms with Gasteiger partial charge < -0.3 is 5.32 Å². The molecule has 1 aromatic rings. The molecule has 1 atom stereocenters. The molecule has 1 heterocycles. The smallest absolute Gasteiger partial charge is 0.109 e. The van der Waals surface area contributed by atoms with Crippen LogP contribution in [-0.2, 0) is 0 Å². The largest absolute Gasteiger partial charge is 0.308 e. The summed E-state index contributed by atoms with van der Waals surface area (Å²) in [5.74, 6) is 0. The minimum atomic E-state index is 0.411. The maximum atomic E-state index is 4.36. The van der Waals surface area contributed by atoms with E-state index < -0.39 is 0 Å². The van der Waals surface area contributed by atoms with Crippen molar-refractivity contribution in [2.24, 2.45) is 5.41 Å². The zero-order valence-corrected chi connectivity index (χ0v) is 11.0. The molecule has 0 saturated carbocycles. The van der Waals surface area contributed by atoms with Crippen molar-refractivity contribution in [2.75, 3.05) is 6.54 Å². The first kappa shape index (κ1) is 12.7. The van der Waals surface area contributed by atoms with Gasteiger partial charge in [-0.15, -0.1) is 11.3 Å². The van der Waals surface area contributed by atoms with Gasteiger partial charge in [-0.3, -0.25) is 0 Å². The van der Waals surface area contributed by atoms with Crippen molar-refractivity contribution in [3.63, 3.8) is 0 Å². The molecule has 1 unspecified atom stereocenters. The molecule has 0 fully saturated rings. The highest BCUT2D eigenvalue weighted by Crippen LogP contribution is 2.21. The normalized spacial score (nSPS) is 14.1. The van der Waals surface area contributed by atoms with Gasteiger partial charge >= 0.3 is 0 Å². The highest BCUT2D eigenvalue weighted by atomic mass is 32.1. The Morgan fingerprint density at radius 3 is 2.67 bits per heavy atom. The maximum Gasteiger partial charge on any atom is 0.109 e. The Hall–Kier alpha value is -0.410. The van der Waals surface area contributed by atoms with E-state index in [9.17, 15) is 0 Å². The minimum absolute atomic E-state index is 0.411. The standard InChI is InChI=1S/C12H22N2S/c1-5-10(11-14-8-9-15-11)13-7-6-12(2,3)4/h8-10,13H,5-7H2,1-4H3. The highest BCUT2D eigenvalue weighted by Gasteiger charge is 2.13. The van der Waals surface area contributed by atoms with Crippen molar-refractivity contribution >= 4 is 11.3 Å². The van der Waals surface area contributed by atoms with E-state index in [0.29, 0.717) is 11.5 Å². The number of rotatable bonds is 5. The number of nitrogens with zero attached hydrogens (tertiary/aromatic N) is 1. The van der Waals surface area contributed by atoms with Crippen molar-refractivity contribution in [3.8, 4) is 0 Å². The number of aromatic nitrogens is 1. The topological polar surface area (TPSA) is 24.9 Å². The van der Waals surface area contributed by atoms with Gasteiger partial charge in [-0.2, -0.15) is 0 Å². The average molecular weight is 226 g/mol. The van der Waals surface area contributed by atoms with E-state index in [1.54, 1.807) is 11.3 Å². The van der Waals surface area contributed by atoms with Crippen molar-refractivity contribution < 1.29 is 0 Å². The van der Waals surface area contributed by atoms with Crippen molar-refractivity contribution in [1.29, 1.82) is 0 Å². The second-order valence-electron chi connectivity index (χ2n) is 5.10. The van der Waals surface area contributed by atoms with Crippen LogP contribution in [0.15, 0.2) is 11.6 Å². The molecule has 1 N–H and O–H groups in total. The van der Waals surface area contributed by atoms with E-state index in [1.807, 2.05) is 11.6 Å². The van der Waals surface area contributed by atoms with Crippen LogP contribution < -0.4 is 5.32 Å². The molecule has 2 nitrogen and oxygen atoms in total. The third-order valence-electron chi connectivity index (χ3n) is 2.42. The van der Waals surface area contributed by atoms with Crippen molar-refractivity contribution in [1.82, 2.24) is 10.3 Å². The molecular formula is C12H22N2S. The van der Waals surface area contributed by atoms with Crippen molar-refractivity contribution in [3.05, 3.63) is 16.6 Å². The summed E-state index contributed by atoms with van der Waals surface area (Å²) in [6.45, 7) is 10.1. The fraction of sp³-hybridized carbons (Fsp3) is 0.750. The van der Waals surface area contributed by atoms with Gasteiger partial charge in [0.25, 0.3) is 0 Å². The quantitative estimate of drug-likeness (QED) is 0.829. The summed E-state index contributed by atoms with van der Waals surface area (Å²) in [4.78, 5) is 4.36. The van der Waals surface area contributed by atoms with Crippen LogP contribution in [0.25, 0.3) is 0 Å². The first-order valence-corrected chi connectivity index (χ1v) is 6.53. The van der Waals surface area contributed by atoms with E-state index in [-0.39, 0.29) is 0 Å². The molecule has 0 aliphatic rings. The van der Waals surface area contributed by atoms with Gasteiger partial charge in [0.05, 0.1) is 6.04 Å². The van der Waals surface area contributed by atoms with Gasteiger partial charge in [0.2, 0.25) is 0 Å². The van der Waals surface area contributed by atoms with Crippen LogP contribution in [0.5, 0.6) is 0 Å². The number of nitrogens with one attached hydrogen (secondary N) is 1. The molecular weight excluding hydrogens is 204 g/mol. The minimum Gasteiger partial charge on any atom is -0.308 e. The molecule has 1 rings (SSSR count). The fourth-order valence-electron chi connectivity index (χ4n) is 1.43. The Morgan fingerprint density at radius 2 is 2.20 bits per heavy atom. The monoisotopic (exact) mass is 226 g/mol. The third kappa shape index (κ3) is 4.76. The van der Waals surface area contributed by atoms with E-state index >= 15 is 0 Å². The Morgan fingerprint density at radius 1 is 1.47 bits per heavy atom. The first-order chi connectivity index (χ1) is 7.03. The van der Waals surface area contributed by atoms with Crippen LogP contribution in [0.2, 0.25) is 0 Å². The maximum absolute atomic E-state index is 4.36. The molecule has 1 aromatic heterocycles. The van der Waals surface area contributed by atoms with Gasteiger partial charge in [-0.25, -0.2) is 4.98 Å². The first-order valence-electron chi connectivity index (χ1n) is 5.65. The Kier molecular flexibility index (Phi) is 4.74. The van der Waals surface area contributed by atoms with Crippen LogP contribution in [0.1, 0.15) is 51.6 Å². The molecule has 0 bridgehead atoms. The number of hydrogen-bond acceptors (Lipinski definition) is 3. The lowest BCUT2D eigenvalue weighted by Gasteiger charge is -2.21. The molecule has 0 aliphatic heterocycles. The lowest BCUT2D eigenvalue weighted by Crippen LogP contribution is -2.25. The molecule has 3 heteroatoms. The van der Waals surface area contributed by atoms with Gasteiger partial charge in [0.15, 0.2) is 0 Å². The molecule has 0 spiro atoms. The predicted molar refractivity (Wildman–Crippen MR) is 67.2 cm³/mol. The van der Waals surface area contributed by atoms with Gasteiger partial charge in [0.1, 0.15) is 5.01 Å². The Balaban J connectivity index is 2.36. The molecule has 0 aromatic carbocycles. The third-order valence-corrected chi connectivity index (χ3v) is 3.31. The summed E-state index contributed by atoms with van der Waals surface area (Å²) < 4.78 is 0. The second kappa shape index (κ2) is 5.61. The molecule has 0 radical (unpaired) electrons. The molecule has 0 amide bonds. The van der Waals surface area contributed by atoms with Gasteiger partial charge in [0, 0.05) is 11.6 Å².